The van der Waals surface area contributed by atoms with Gasteiger partial charge >= 0.3 is 5.97 Å². The lowest BCUT2D eigenvalue weighted by atomic mass is 10.1. The molecule has 1 atom stereocenters. The van der Waals surface area contributed by atoms with Crippen molar-refractivity contribution in [3.8, 4) is 6.07 Å². The highest BCUT2D eigenvalue weighted by Crippen LogP contribution is 2.34. The highest BCUT2D eigenvalue weighted by atomic mass is 32.2. The number of carbonyl (C=O) groups excluding carboxylic acids is 3. The van der Waals surface area contributed by atoms with Crippen LogP contribution in [0.3, 0.4) is 0 Å². The Kier molecular flexibility index (Phi) is 9.43. The van der Waals surface area contributed by atoms with Crippen LogP contribution in [0, 0.1) is 18.3 Å². The quantitative estimate of drug-likeness (QED) is 0.263. The summed E-state index contributed by atoms with van der Waals surface area (Å²) in [6.07, 6.45) is -0.404. The first kappa shape index (κ1) is 27.4. The summed E-state index contributed by atoms with van der Waals surface area (Å²) in [5.74, 6) is -2.19. The molecular formula is C26H24N4O5S2. The number of carboxylic acid groups (broad SMARTS) is 1. The van der Waals surface area contributed by atoms with Crippen LogP contribution in [0.1, 0.15) is 40.6 Å². The Bertz CT molecular complexity index is 1370. The number of carboxylic acids is 1. The third-order valence-electron chi connectivity index (χ3n) is 5.10. The van der Waals surface area contributed by atoms with Crippen LogP contribution < -0.4 is 16.0 Å². The van der Waals surface area contributed by atoms with E-state index < -0.39 is 17.1 Å². The number of carbonyl (C=O) groups is 4. The van der Waals surface area contributed by atoms with Gasteiger partial charge in [-0.1, -0.05) is 24.3 Å². The summed E-state index contributed by atoms with van der Waals surface area (Å²) >= 11 is 2.29. The van der Waals surface area contributed by atoms with Crippen molar-refractivity contribution >= 4 is 63.2 Å². The van der Waals surface area contributed by atoms with Crippen molar-refractivity contribution in [3.05, 3.63) is 70.6 Å². The summed E-state index contributed by atoms with van der Waals surface area (Å²) in [7, 11) is 0. The molecule has 1 heterocycles. The van der Waals surface area contributed by atoms with Crippen molar-refractivity contribution in [1.29, 1.82) is 5.26 Å². The number of hydrogen-bond acceptors (Lipinski definition) is 7. The smallest absolute Gasteiger partial charge is 0.303 e. The minimum absolute atomic E-state index is 0.141. The van der Waals surface area contributed by atoms with Gasteiger partial charge in [0.05, 0.1) is 22.1 Å². The van der Waals surface area contributed by atoms with Crippen LogP contribution in [0.2, 0.25) is 0 Å². The van der Waals surface area contributed by atoms with Crippen molar-refractivity contribution in [1.82, 2.24) is 0 Å². The van der Waals surface area contributed by atoms with Crippen LogP contribution in [0.5, 0.6) is 0 Å². The Balaban J connectivity index is 1.66. The van der Waals surface area contributed by atoms with Gasteiger partial charge in [-0.2, -0.15) is 5.26 Å². The molecule has 190 valence electrons. The Morgan fingerprint density at radius 3 is 2.38 bits per heavy atom. The zero-order valence-corrected chi connectivity index (χ0v) is 21.7. The molecule has 0 spiro atoms. The van der Waals surface area contributed by atoms with E-state index in [0.29, 0.717) is 31.7 Å². The van der Waals surface area contributed by atoms with Crippen molar-refractivity contribution in [2.75, 3.05) is 16.0 Å². The minimum atomic E-state index is -1.05. The van der Waals surface area contributed by atoms with Crippen LogP contribution in [0.15, 0.2) is 59.5 Å². The molecule has 4 N–H and O–H groups in total. The Labute approximate surface area is 221 Å². The standard InChI is InChI=1S/C26H24N4O5S2/c1-15-20(14-27)26(37-23(15)25(35)29-17-7-4-3-5-8-17)30-24(34)16(2)36-19-10-6-9-18(13-19)28-21(31)11-12-22(32)33/h3-10,13,16H,11-12H2,1-2H3,(H,28,31)(H,29,35)(H,30,34)(H,32,33). The number of amides is 3. The molecule has 3 amide bonds. The zero-order chi connectivity index (χ0) is 26.9. The first-order valence-corrected chi connectivity index (χ1v) is 12.9. The van der Waals surface area contributed by atoms with E-state index in [-0.39, 0.29) is 30.2 Å². The molecule has 0 bridgehead atoms. The van der Waals surface area contributed by atoms with Crippen molar-refractivity contribution in [2.24, 2.45) is 0 Å². The van der Waals surface area contributed by atoms with Gasteiger partial charge in [0.2, 0.25) is 11.8 Å². The normalized spacial score (nSPS) is 11.2. The van der Waals surface area contributed by atoms with Gasteiger partial charge in [-0.05, 0) is 49.7 Å². The average Bonchev–Trinajstić information content (AvgIpc) is 3.18. The number of thiophene rings is 1. The van der Waals surface area contributed by atoms with Crippen LogP contribution in [0.4, 0.5) is 16.4 Å². The second kappa shape index (κ2) is 12.7. The number of para-hydroxylation sites is 1. The van der Waals surface area contributed by atoms with E-state index in [4.69, 9.17) is 5.11 Å². The number of hydrogen-bond donors (Lipinski definition) is 4. The fraction of sp³-hybridized carbons (Fsp3) is 0.192. The number of aliphatic carboxylic acids is 1. The highest BCUT2D eigenvalue weighted by Gasteiger charge is 2.23. The Hall–Kier alpha value is -4.14. The van der Waals surface area contributed by atoms with E-state index in [9.17, 15) is 24.4 Å². The fourth-order valence-corrected chi connectivity index (χ4v) is 5.21. The van der Waals surface area contributed by atoms with Crippen molar-refractivity contribution in [2.45, 2.75) is 36.8 Å². The number of anilines is 3. The molecule has 1 unspecified atom stereocenters. The summed E-state index contributed by atoms with van der Waals surface area (Å²) < 4.78 is 0. The SMILES string of the molecule is Cc1c(C(=O)Nc2ccccc2)sc(NC(=O)C(C)Sc2cccc(NC(=O)CCC(=O)O)c2)c1C#N. The zero-order valence-electron chi connectivity index (χ0n) is 20.0. The molecule has 0 saturated heterocycles. The molecule has 1 aromatic heterocycles. The van der Waals surface area contributed by atoms with Gasteiger partial charge in [0, 0.05) is 22.7 Å². The van der Waals surface area contributed by atoms with E-state index in [1.54, 1.807) is 62.4 Å². The summed E-state index contributed by atoms with van der Waals surface area (Å²) in [4.78, 5) is 49.3. The van der Waals surface area contributed by atoms with Gasteiger partial charge in [0.1, 0.15) is 11.1 Å². The lowest BCUT2D eigenvalue weighted by Gasteiger charge is -2.12. The maximum absolute atomic E-state index is 12.9. The largest absolute Gasteiger partial charge is 0.481 e. The van der Waals surface area contributed by atoms with Gasteiger partial charge in [-0.3, -0.25) is 19.2 Å². The molecule has 11 heteroatoms. The van der Waals surface area contributed by atoms with Gasteiger partial charge in [-0.15, -0.1) is 23.1 Å². The van der Waals surface area contributed by atoms with Gasteiger partial charge < -0.3 is 21.1 Å². The van der Waals surface area contributed by atoms with Gasteiger partial charge in [0.25, 0.3) is 5.91 Å². The second-order valence-electron chi connectivity index (χ2n) is 7.91. The average molecular weight is 537 g/mol. The number of nitriles is 1. The Morgan fingerprint density at radius 2 is 1.70 bits per heavy atom. The van der Waals surface area contributed by atoms with Gasteiger partial charge in [0.15, 0.2) is 0 Å². The van der Waals surface area contributed by atoms with E-state index in [0.717, 1.165) is 11.3 Å². The first-order valence-electron chi connectivity index (χ1n) is 11.2. The van der Waals surface area contributed by atoms with Gasteiger partial charge in [-0.25, -0.2) is 0 Å². The molecule has 2 aromatic carbocycles. The molecule has 0 aliphatic heterocycles. The first-order chi connectivity index (χ1) is 17.7. The Morgan fingerprint density at radius 1 is 1.00 bits per heavy atom. The third-order valence-corrected chi connectivity index (χ3v) is 7.40. The van der Waals surface area contributed by atoms with Crippen LogP contribution >= 0.6 is 23.1 Å². The number of benzene rings is 2. The molecule has 0 aliphatic carbocycles. The predicted octanol–water partition coefficient (Wildman–Crippen LogP) is 5.10. The molecule has 0 saturated carbocycles. The number of thioether (sulfide) groups is 1. The minimum Gasteiger partial charge on any atom is -0.481 e. The van der Waals surface area contributed by atoms with Crippen LogP contribution in [0.25, 0.3) is 0 Å². The maximum atomic E-state index is 12.9. The summed E-state index contributed by atoms with van der Waals surface area (Å²) in [5, 5.41) is 26.3. The number of nitrogens with zero attached hydrogens (tertiary/aromatic N) is 1. The monoisotopic (exact) mass is 536 g/mol. The molecule has 0 fully saturated rings. The van der Waals surface area contributed by atoms with Crippen molar-refractivity contribution < 1.29 is 24.3 Å². The fourth-order valence-electron chi connectivity index (χ4n) is 3.22. The maximum Gasteiger partial charge on any atom is 0.303 e. The van der Waals surface area contributed by atoms with E-state index in [1.807, 2.05) is 6.07 Å². The summed E-state index contributed by atoms with van der Waals surface area (Å²) in [6.45, 7) is 3.37. The molecule has 0 aliphatic rings. The van der Waals surface area contributed by atoms with Crippen molar-refractivity contribution in [3.63, 3.8) is 0 Å². The van der Waals surface area contributed by atoms with E-state index in [2.05, 4.69) is 22.0 Å². The number of nitrogens with one attached hydrogen (secondary N) is 3. The molecule has 3 rings (SSSR count). The highest BCUT2D eigenvalue weighted by molar-refractivity contribution is 8.00. The molecule has 9 nitrogen and oxygen atoms in total. The summed E-state index contributed by atoms with van der Waals surface area (Å²) in [6, 6.07) is 17.9. The molecule has 3 aromatic rings. The third kappa shape index (κ3) is 7.67. The lowest BCUT2D eigenvalue weighted by Crippen LogP contribution is -2.22. The van der Waals surface area contributed by atoms with Crippen LogP contribution in [-0.4, -0.2) is 34.0 Å². The second-order valence-corrected chi connectivity index (χ2v) is 10.3. The van der Waals surface area contributed by atoms with E-state index in [1.165, 1.54) is 11.8 Å². The molecular weight excluding hydrogens is 512 g/mol. The predicted molar refractivity (Wildman–Crippen MR) is 144 cm³/mol. The number of rotatable bonds is 10. The molecule has 37 heavy (non-hydrogen) atoms. The van der Waals surface area contributed by atoms with E-state index >= 15 is 0 Å². The topological polar surface area (TPSA) is 148 Å². The lowest BCUT2D eigenvalue weighted by molar-refractivity contribution is -0.138. The molecule has 0 radical (unpaired) electrons. The van der Waals surface area contributed by atoms with Crippen LogP contribution in [-0.2, 0) is 14.4 Å². The summed E-state index contributed by atoms with van der Waals surface area (Å²) in [5.41, 5.74) is 1.83.